The van der Waals surface area contributed by atoms with E-state index in [-0.39, 0.29) is 24.1 Å². The first-order valence-electron chi connectivity index (χ1n) is 8.10. The van der Waals surface area contributed by atoms with Gasteiger partial charge in [-0.05, 0) is 11.6 Å². The lowest BCUT2D eigenvalue weighted by atomic mass is 10.2. The molecule has 1 aromatic carbocycles. The van der Waals surface area contributed by atoms with Gasteiger partial charge >= 0.3 is 0 Å². The Bertz CT molecular complexity index is 605. The van der Waals surface area contributed by atoms with Gasteiger partial charge in [0.15, 0.2) is 0 Å². The van der Waals surface area contributed by atoms with Gasteiger partial charge in [-0.2, -0.15) is 0 Å². The van der Waals surface area contributed by atoms with Gasteiger partial charge in [0.25, 0.3) is 0 Å². The maximum Gasteiger partial charge on any atom is 0.244 e. The molecule has 24 heavy (non-hydrogen) atoms. The molecule has 0 aromatic heterocycles. The molecule has 2 rings (SSSR count). The fourth-order valence-corrected chi connectivity index (χ4v) is 2.52. The van der Waals surface area contributed by atoms with E-state index in [0.717, 1.165) is 5.56 Å². The molecule has 0 spiro atoms. The van der Waals surface area contributed by atoms with E-state index in [1.807, 2.05) is 30.3 Å². The zero-order chi connectivity index (χ0) is 17.4. The van der Waals surface area contributed by atoms with Gasteiger partial charge in [0, 0.05) is 52.1 Å². The first-order chi connectivity index (χ1) is 11.6. The van der Waals surface area contributed by atoms with Gasteiger partial charge in [0.05, 0.1) is 0 Å². The molecule has 0 radical (unpaired) electrons. The van der Waals surface area contributed by atoms with E-state index in [1.54, 1.807) is 15.9 Å². The minimum atomic E-state index is -0.215. The van der Waals surface area contributed by atoms with Crippen molar-refractivity contribution in [2.24, 2.45) is 0 Å². The maximum atomic E-state index is 12.1. The quantitative estimate of drug-likeness (QED) is 0.816. The number of hydrogen-bond donors (Lipinski definition) is 1. The zero-order valence-corrected chi connectivity index (χ0v) is 13.9. The van der Waals surface area contributed by atoms with Gasteiger partial charge < -0.3 is 15.1 Å². The van der Waals surface area contributed by atoms with Crippen molar-refractivity contribution in [2.75, 3.05) is 32.7 Å². The number of hydrogen-bond acceptors (Lipinski definition) is 3. The van der Waals surface area contributed by atoms with Gasteiger partial charge in [0.1, 0.15) is 0 Å². The summed E-state index contributed by atoms with van der Waals surface area (Å²) in [4.78, 5) is 38.5. The summed E-state index contributed by atoms with van der Waals surface area (Å²) in [5.41, 5.74) is 0.951. The molecule has 1 fully saturated rings. The minimum absolute atomic E-state index is 0.00513. The molecule has 3 amide bonds. The largest absolute Gasteiger partial charge is 0.352 e. The van der Waals surface area contributed by atoms with Crippen molar-refractivity contribution >= 4 is 23.8 Å². The average Bonchev–Trinajstić information content (AvgIpc) is 2.61. The summed E-state index contributed by atoms with van der Waals surface area (Å²) >= 11 is 0. The zero-order valence-electron chi connectivity index (χ0n) is 13.9. The van der Waals surface area contributed by atoms with Crippen molar-refractivity contribution in [3.63, 3.8) is 0 Å². The van der Waals surface area contributed by atoms with Crippen LogP contribution in [0.2, 0.25) is 0 Å². The fourth-order valence-electron chi connectivity index (χ4n) is 2.52. The lowest BCUT2D eigenvalue weighted by molar-refractivity contribution is -0.138. The van der Waals surface area contributed by atoms with Crippen molar-refractivity contribution < 1.29 is 14.4 Å². The summed E-state index contributed by atoms with van der Waals surface area (Å²) in [6, 6.07) is 9.55. The Morgan fingerprint density at radius 1 is 1.04 bits per heavy atom. The third-order valence-electron chi connectivity index (χ3n) is 3.94. The number of amides is 3. The van der Waals surface area contributed by atoms with E-state index in [0.29, 0.717) is 32.7 Å². The van der Waals surface area contributed by atoms with Gasteiger partial charge in [-0.1, -0.05) is 30.3 Å². The smallest absolute Gasteiger partial charge is 0.244 e. The molecule has 6 heteroatoms. The molecule has 0 unspecified atom stereocenters. The van der Waals surface area contributed by atoms with Crippen molar-refractivity contribution in [1.82, 2.24) is 15.1 Å². The number of nitrogens with zero attached hydrogens (tertiary/aromatic N) is 2. The third-order valence-corrected chi connectivity index (χ3v) is 3.94. The van der Waals surface area contributed by atoms with E-state index in [9.17, 15) is 14.4 Å². The Hall–Kier alpha value is -2.63. The Balaban J connectivity index is 1.66. The molecule has 6 nitrogen and oxygen atoms in total. The van der Waals surface area contributed by atoms with E-state index in [2.05, 4.69) is 5.32 Å². The standard InChI is InChI=1S/C18H23N3O3/c1-15(22)20-11-13-21(14-12-20)18(24)9-10-19-17(23)8-7-16-5-3-2-4-6-16/h2-8H,9-14H2,1H3,(H,19,23)/b8-7+. The summed E-state index contributed by atoms with van der Waals surface area (Å²) in [6.07, 6.45) is 3.47. The van der Waals surface area contributed by atoms with E-state index in [1.165, 1.54) is 13.0 Å². The molecule has 1 heterocycles. The van der Waals surface area contributed by atoms with Crippen LogP contribution >= 0.6 is 0 Å². The van der Waals surface area contributed by atoms with E-state index < -0.39 is 0 Å². The molecule has 0 bridgehead atoms. The van der Waals surface area contributed by atoms with Crippen molar-refractivity contribution in [3.05, 3.63) is 42.0 Å². The fraction of sp³-hybridized carbons (Fsp3) is 0.389. The van der Waals surface area contributed by atoms with Crippen LogP contribution in [0.15, 0.2) is 36.4 Å². The maximum absolute atomic E-state index is 12.1. The van der Waals surface area contributed by atoms with Gasteiger partial charge in [-0.15, -0.1) is 0 Å². The topological polar surface area (TPSA) is 69.7 Å². The van der Waals surface area contributed by atoms with Crippen LogP contribution in [0.25, 0.3) is 6.08 Å². The molecule has 1 aromatic rings. The predicted molar refractivity (Wildman–Crippen MR) is 91.9 cm³/mol. The Kier molecular flexibility index (Phi) is 6.54. The van der Waals surface area contributed by atoms with Crippen LogP contribution < -0.4 is 5.32 Å². The molecule has 0 aliphatic carbocycles. The number of carbonyl (C=O) groups excluding carboxylic acids is 3. The predicted octanol–water partition coefficient (Wildman–Crippen LogP) is 0.897. The van der Waals surface area contributed by atoms with Gasteiger partial charge in [-0.25, -0.2) is 0 Å². The molecule has 1 aliphatic heterocycles. The molecule has 0 saturated carbocycles. The molecule has 1 aliphatic rings. The van der Waals surface area contributed by atoms with Crippen LogP contribution in [0.1, 0.15) is 18.9 Å². The molecular formula is C18H23N3O3. The Morgan fingerprint density at radius 2 is 1.67 bits per heavy atom. The number of rotatable bonds is 5. The molecule has 128 valence electrons. The van der Waals surface area contributed by atoms with E-state index in [4.69, 9.17) is 0 Å². The molecule has 0 atom stereocenters. The number of piperazine rings is 1. The highest BCUT2D eigenvalue weighted by atomic mass is 16.2. The second-order valence-corrected chi connectivity index (χ2v) is 5.67. The molecule has 1 saturated heterocycles. The van der Waals surface area contributed by atoms with Gasteiger partial charge in [0.2, 0.25) is 17.7 Å². The third kappa shape index (κ3) is 5.53. The summed E-state index contributed by atoms with van der Waals surface area (Å²) in [5.74, 6) is -0.168. The van der Waals surface area contributed by atoms with Crippen LogP contribution in [-0.2, 0) is 14.4 Å². The summed E-state index contributed by atoms with van der Waals surface area (Å²) in [7, 11) is 0. The molecule has 1 N–H and O–H groups in total. The van der Waals surface area contributed by atoms with E-state index >= 15 is 0 Å². The van der Waals surface area contributed by atoms with Crippen LogP contribution in [0, 0.1) is 0 Å². The number of carbonyl (C=O) groups is 3. The van der Waals surface area contributed by atoms with Crippen molar-refractivity contribution in [1.29, 1.82) is 0 Å². The van der Waals surface area contributed by atoms with Crippen molar-refractivity contribution in [2.45, 2.75) is 13.3 Å². The minimum Gasteiger partial charge on any atom is -0.352 e. The van der Waals surface area contributed by atoms with Crippen molar-refractivity contribution in [3.8, 4) is 0 Å². The van der Waals surface area contributed by atoms with Gasteiger partial charge in [-0.3, -0.25) is 14.4 Å². The lowest BCUT2D eigenvalue weighted by Gasteiger charge is -2.34. The van der Waals surface area contributed by atoms with Crippen LogP contribution in [-0.4, -0.2) is 60.2 Å². The molecular weight excluding hydrogens is 306 g/mol. The average molecular weight is 329 g/mol. The monoisotopic (exact) mass is 329 g/mol. The van der Waals surface area contributed by atoms with Crippen LogP contribution in [0.3, 0.4) is 0 Å². The normalized spacial score (nSPS) is 14.7. The SMILES string of the molecule is CC(=O)N1CCN(C(=O)CCNC(=O)/C=C/c2ccccc2)CC1. The Labute approximate surface area is 142 Å². The summed E-state index contributed by atoms with van der Waals surface area (Å²) in [5, 5.41) is 2.71. The summed E-state index contributed by atoms with van der Waals surface area (Å²) < 4.78 is 0. The number of nitrogens with one attached hydrogen (secondary N) is 1. The second-order valence-electron chi connectivity index (χ2n) is 5.67. The highest BCUT2D eigenvalue weighted by Crippen LogP contribution is 2.04. The van der Waals surface area contributed by atoms with Crippen LogP contribution in [0.5, 0.6) is 0 Å². The highest BCUT2D eigenvalue weighted by Gasteiger charge is 2.21. The highest BCUT2D eigenvalue weighted by molar-refractivity contribution is 5.92. The number of benzene rings is 1. The first kappa shape index (κ1) is 17.7. The lowest BCUT2D eigenvalue weighted by Crippen LogP contribution is -2.50. The van der Waals surface area contributed by atoms with Crippen LogP contribution in [0.4, 0.5) is 0 Å². The second kappa shape index (κ2) is 8.86. The first-order valence-corrected chi connectivity index (χ1v) is 8.10. The Morgan fingerprint density at radius 3 is 2.29 bits per heavy atom. The summed E-state index contributed by atoms with van der Waals surface area (Å²) in [6.45, 7) is 4.11.